The molecule has 1 aliphatic heterocycles. The maximum Gasteiger partial charge on any atom is 0.337 e. The van der Waals surface area contributed by atoms with Crippen molar-refractivity contribution < 1.29 is 9.90 Å². The minimum absolute atomic E-state index is 0.317. The van der Waals surface area contributed by atoms with Crippen LogP contribution < -0.4 is 10.9 Å². The van der Waals surface area contributed by atoms with Gasteiger partial charge in [-0.3, -0.25) is 0 Å². The van der Waals surface area contributed by atoms with Crippen LogP contribution in [0.15, 0.2) is 18.2 Å². The van der Waals surface area contributed by atoms with E-state index in [1.54, 1.807) is 12.1 Å². The third-order valence-electron chi connectivity index (χ3n) is 1.87. The predicted molar refractivity (Wildman–Crippen MR) is 43.9 cm³/mol. The van der Waals surface area contributed by atoms with Crippen molar-refractivity contribution in [1.82, 2.24) is 5.43 Å². The summed E-state index contributed by atoms with van der Waals surface area (Å²) in [5.74, 6) is -0.900. The zero-order valence-electron chi connectivity index (χ0n) is 6.29. The molecule has 4 heteroatoms. The lowest BCUT2D eigenvalue weighted by atomic mass is 10.1. The average Bonchev–Trinajstić information content (AvgIpc) is 2.49. The fourth-order valence-electron chi connectivity index (χ4n) is 1.30. The summed E-state index contributed by atoms with van der Waals surface area (Å²) in [6.07, 6.45) is 0. The standard InChI is InChI=1S/C8H8N2O2/c11-8(12)6-3-1-2-5-4-9-10-7(5)6/h1-3,9-10H,4H2,(H,11,12). The number of carboxylic acid groups (broad SMARTS) is 1. The molecule has 12 heavy (non-hydrogen) atoms. The second kappa shape index (κ2) is 2.49. The Balaban J connectivity index is 2.56. The lowest BCUT2D eigenvalue weighted by molar-refractivity contribution is 0.0698. The number of anilines is 1. The Bertz CT molecular complexity index is 336. The van der Waals surface area contributed by atoms with Gasteiger partial charge in [0.05, 0.1) is 11.3 Å². The third kappa shape index (κ3) is 0.931. The van der Waals surface area contributed by atoms with Gasteiger partial charge in [0, 0.05) is 6.54 Å². The van der Waals surface area contributed by atoms with Gasteiger partial charge in [0.15, 0.2) is 0 Å². The first-order valence-corrected chi connectivity index (χ1v) is 3.63. The second-order valence-electron chi connectivity index (χ2n) is 2.62. The summed E-state index contributed by atoms with van der Waals surface area (Å²) in [5.41, 5.74) is 7.69. The smallest absolute Gasteiger partial charge is 0.337 e. The molecule has 0 unspecified atom stereocenters. The molecule has 1 aromatic carbocycles. The van der Waals surface area contributed by atoms with Crippen molar-refractivity contribution in [3.63, 3.8) is 0 Å². The first-order valence-electron chi connectivity index (χ1n) is 3.63. The van der Waals surface area contributed by atoms with Crippen molar-refractivity contribution >= 4 is 11.7 Å². The Morgan fingerprint density at radius 1 is 1.50 bits per heavy atom. The Kier molecular flexibility index (Phi) is 1.48. The van der Waals surface area contributed by atoms with Crippen molar-refractivity contribution in [2.45, 2.75) is 6.54 Å². The largest absolute Gasteiger partial charge is 0.478 e. The fourth-order valence-corrected chi connectivity index (χ4v) is 1.30. The number of fused-ring (bicyclic) bond motifs is 1. The third-order valence-corrected chi connectivity index (χ3v) is 1.87. The van der Waals surface area contributed by atoms with Gasteiger partial charge in [0.2, 0.25) is 0 Å². The molecule has 0 aromatic heterocycles. The summed E-state index contributed by atoms with van der Waals surface area (Å²) in [6, 6.07) is 5.23. The van der Waals surface area contributed by atoms with E-state index in [4.69, 9.17) is 5.11 Å². The number of carbonyl (C=O) groups is 1. The number of hydrazine groups is 1. The summed E-state index contributed by atoms with van der Waals surface area (Å²) in [5, 5.41) is 8.78. The molecule has 0 amide bonds. The summed E-state index contributed by atoms with van der Waals surface area (Å²) in [7, 11) is 0. The molecule has 2 rings (SSSR count). The Morgan fingerprint density at radius 3 is 3.08 bits per heavy atom. The van der Waals surface area contributed by atoms with Crippen LogP contribution in [0.4, 0.5) is 5.69 Å². The monoisotopic (exact) mass is 164 g/mol. The minimum atomic E-state index is -0.900. The van der Waals surface area contributed by atoms with Gasteiger partial charge in [-0.1, -0.05) is 12.1 Å². The van der Waals surface area contributed by atoms with Crippen molar-refractivity contribution in [3.05, 3.63) is 29.3 Å². The molecule has 1 aliphatic rings. The van der Waals surface area contributed by atoms with E-state index in [0.717, 1.165) is 5.56 Å². The van der Waals surface area contributed by atoms with Gasteiger partial charge in [-0.2, -0.15) is 0 Å². The molecule has 1 aromatic rings. The number of carboxylic acids is 1. The molecule has 62 valence electrons. The van der Waals surface area contributed by atoms with Crippen LogP contribution >= 0.6 is 0 Å². The highest BCUT2D eigenvalue weighted by Gasteiger charge is 2.16. The number of hydrogen-bond acceptors (Lipinski definition) is 3. The van der Waals surface area contributed by atoms with Crippen LogP contribution in [0.3, 0.4) is 0 Å². The molecule has 0 fully saturated rings. The van der Waals surface area contributed by atoms with E-state index in [9.17, 15) is 4.79 Å². The van der Waals surface area contributed by atoms with Crippen molar-refractivity contribution in [2.24, 2.45) is 0 Å². The molecule has 1 heterocycles. The number of benzene rings is 1. The average molecular weight is 164 g/mol. The highest BCUT2D eigenvalue weighted by Crippen LogP contribution is 2.23. The van der Waals surface area contributed by atoms with Gasteiger partial charge >= 0.3 is 5.97 Å². The van der Waals surface area contributed by atoms with Crippen molar-refractivity contribution in [3.8, 4) is 0 Å². The van der Waals surface area contributed by atoms with Crippen molar-refractivity contribution in [2.75, 3.05) is 5.43 Å². The van der Waals surface area contributed by atoms with Gasteiger partial charge in [0.25, 0.3) is 0 Å². The molecule has 0 saturated carbocycles. The SMILES string of the molecule is O=C(O)c1cccc2c1NNC2. The first-order chi connectivity index (χ1) is 5.79. The number of para-hydroxylation sites is 1. The van der Waals surface area contributed by atoms with Gasteiger partial charge in [-0.25, -0.2) is 10.2 Å². The lowest BCUT2D eigenvalue weighted by Crippen LogP contribution is -2.12. The molecular weight excluding hydrogens is 156 g/mol. The molecule has 0 radical (unpaired) electrons. The van der Waals surface area contributed by atoms with Crippen LogP contribution in [0.5, 0.6) is 0 Å². The van der Waals surface area contributed by atoms with E-state index in [1.165, 1.54) is 0 Å². The predicted octanol–water partition coefficient (Wildman–Crippen LogP) is 0.815. The van der Waals surface area contributed by atoms with Crippen molar-refractivity contribution in [1.29, 1.82) is 0 Å². The van der Waals surface area contributed by atoms with Gasteiger partial charge in [-0.05, 0) is 11.6 Å². The quantitative estimate of drug-likeness (QED) is 0.575. The Labute approximate surface area is 69.2 Å². The summed E-state index contributed by atoms with van der Waals surface area (Å²) in [6.45, 7) is 0.677. The van der Waals surface area contributed by atoms with E-state index >= 15 is 0 Å². The maximum absolute atomic E-state index is 10.7. The molecule has 0 saturated heterocycles. The van der Waals surface area contributed by atoms with Crippen LogP contribution in [0, 0.1) is 0 Å². The molecule has 0 aliphatic carbocycles. The van der Waals surface area contributed by atoms with E-state index in [2.05, 4.69) is 10.9 Å². The fraction of sp³-hybridized carbons (Fsp3) is 0.125. The topological polar surface area (TPSA) is 61.4 Å². The van der Waals surface area contributed by atoms with Gasteiger partial charge in [-0.15, -0.1) is 0 Å². The molecule has 0 bridgehead atoms. The van der Waals surface area contributed by atoms with E-state index in [-0.39, 0.29) is 0 Å². The number of hydrogen-bond donors (Lipinski definition) is 3. The summed E-state index contributed by atoms with van der Waals surface area (Å²) >= 11 is 0. The van der Waals surface area contributed by atoms with Gasteiger partial charge < -0.3 is 10.5 Å². The number of nitrogens with one attached hydrogen (secondary N) is 2. The second-order valence-corrected chi connectivity index (χ2v) is 2.62. The lowest BCUT2D eigenvalue weighted by Gasteiger charge is -2.02. The normalized spacial score (nSPS) is 13.7. The molecule has 0 spiro atoms. The Hall–Kier alpha value is -1.55. The van der Waals surface area contributed by atoms with Gasteiger partial charge in [0.1, 0.15) is 0 Å². The van der Waals surface area contributed by atoms with Crippen LogP contribution in [0.25, 0.3) is 0 Å². The highest BCUT2D eigenvalue weighted by molar-refractivity contribution is 5.95. The number of aromatic carboxylic acids is 1. The summed E-state index contributed by atoms with van der Waals surface area (Å²) < 4.78 is 0. The maximum atomic E-state index is 10.7. The number of rotatable bonds is 1. The zero-order chi connectivity index (χ0) is 8.55. The molecule has 4 nitrogen and oxygen atoms in total. The van der Waals surface area contributed by atoms with E-state index < -0.39 is 5.97 Å². The van der Waals surface area contributed by atoms with Crippen LogP contribution in [-0.4, -0.2) is 11.1 Å². The zero-order valence-corrected chi connectivity index (χ0v) is 6.29. The minimum Gasteiger partial charge on any atom is -0.478 e. The van der Waals surface area contributed by atoms with Crippen LogP contribution in [-0.2, 0) is 6.54 Å². The van der Waals surface area contributed by atoms with Crippen LogP contribution in [0.1, 0.15) is 15.9 Å². The highest BCUT2D eigenvalue weighted by atomic mass is 16.4. The first kappa shape index (κ1) is 7.12. The summed E-state index contributed by atoms with van der Waals surface area (Å²) in [4.78, 5) is 10.7. The van der Waals surface area contributed by atoms with E-state index in [0.29, 0.717) is 17.8 Å². The molecular formula is C8H8N2O2. The van der Waals surface area contributed by atoms with E-state index in [1.807, 2.05) is 6.07 Å². The molecule has 0 atom stereocenters. The molecule has 3 N–H and O–H groups in total. The Morgan fingerprint density at radius 2 is 2.33 bits per heavy atom. The van der Waals surface area contributed by atoms with Crippen LogP contribution in [0.2, 0.25) is 0 Å².